The number of nitrogen functional groups attached to an aromatic ring is 1. The van der Waals surface area contributed by atoms with Crippen LogP contribution in [0.3, 0.4) is 0 Å². The van der Waals surface area contributed by atoms with Crippen molar-refractivity contribution < 1.29 is 9.13 Å². The van der Waals surface area contributed by atoms with E-state index < -0.39 is 0 Å². The molecule has 2 aromatic rings. The first-order valence-electron chi connectivity index (χ1n) is 5.89. The summed E-state index contributed by atoms with van der Waals surface area (Å²) < 4.78 is 18.8. The van der Waals surface area contributed by atoms with Crippen LogP contribution in [0.15, 0.2) is 41.3 Å². The Hall–Kier alpha value is -2.19. The maximum Gasteiger partial charge on any atom is 0.138 e. The average molecular weight is 288 g/mol. The maximum absolute atomic E-state index is 13.6. The monoisotopic (exact) mass is 288 g/mol. The van der Waals surface area contributed by atoms with E-state index in [1.807, 2.05) is 6.07 Å². The summed E-state index contributed by atoms with van der Waals surface area (Å²) in [7, 11) is 1.52. The number of nitrogens with zero attached hydrogens (tertiary/aromatic N) is 1. The molecule has 0 aliphatic carbocycles. The van der Waals surface area contributed by atoms with Crippen LogP contribution in [0, 0.1) is 17.1 Å². The first kappa shape index (κ1) is 14.2. The molecule has 0 aliphatic heterocycles. The zero-order chi connectivity index (χ0) is 14.5. The number of rotatable bonds is 4. The third kappa shape index (κ3) is 3.22. The quantitative estimate of drug-likeness (QED) is 0.690. The van der Waals surface area contributed by atoms with Gasteiger partial charge in [0.2, 0.25) is 0 Å². The van der Waals surface area contributed by atoms with Gasteiger partial charge in [0.1, 0.15) is 17.6 Å². The molecular weight excluding hydrogens is 275 g/mol. The lowest BCUT2D eigenvalue weighted by molar-refractivity contribution is 0.413. The number of hydrogen-bond acceptors (Lipinski definition) is 4. The van der Waals surface area contributed by atoms with Gasteiger partial charge in [-0.2, -0.15) is 5.26 Å². The largest absolute Gasteiger partial charge is 0.495 e. The second-order valence-electron chi connectivity index (χ2n) is 4.12. The number of halogens is 1. The molecule has 2 aromatic carbocycles. The van der Waals surface area contributed by atoms with Gasteiger partial charge in [0.25, 0.3) is 0 Å². The second kappa shape index (κ2) is 6.31. The molecule has 0 fully saturated rings. The van der Waals surface area contributed by atoms with Gasteiger partial charge in [0, 0.05) is 16.3 Å². The highest BCUT2D eigenvalue weighted by Gasteiger charge is 2.07. The lowest BCUT2D eigenvalue weighted by Crippen LogP contribution is -1.91. The smallest absolute Gasteiger partial charge is 0.138 e. The molecule has 0 saturated heterocycles. The third-order valence-electron chi connectivity index (χ3n) is 2.74. The van der Waals surface area contributed by atoms with E-state index in [0.29, 0.717) is 27.6 Å². The van der Waals surface area contributed by atoms with Crippen molar-refractivity contribution in [3.05, 3.63) is 53.3 Å². The van der Waals surface area contributed by atoms with Crippen molar-refractivity contribution in [2.24, 2.45) is 0 Å². The fourth-order valence-electron chi connectivity index (χ4n) is 1.71. The highest BCUT2D eigenvalue weighted by atomic mass is 32.2. The Morgan fingerprint density at radius 3 is 2.75 bits per heavy atom. The Bertz CT molecular complexity index is 667. The standard InChI is InChI=1S/C15H13FN2OS/c1-19-14-6-10(2-3-11(14)8-17)9-20-15-5-4-12(18)7-13(15)16/h2-7H,9,18H2,1H3. The second-order valence-corrected chi connectivity index (χ2v) is 5.14. The Morgan fingerprint density at radius 2 is 2.10 bits per heavy atom. The fraction of sp³-hybridized carbons (Fsp3) is 0.133. The average Bonchev–Trinajstić information content (AvgIpc) is 2.46. The van der Waals surface area contributed by atoms with Gasteiger partial charge < -0.3 is 10.5 Å². The van der Waals surface area contributed by atoms with E-state index >= 15 is 0 Å². The van der Waals surface area contributed by atoms with Crippen LogP contribution >= 0.6 is 11.8 Å². The molecular formula is C15H13FN2OS. The van der Waals surface area contributed by atoms with Crippen LogP contribution < -0.4 is 10.5 Å². The van der Waals surface area contributed by atoms with Gasteiger partial charge in [0.15, 0.2) is 0 Å². The van der Waals surface area contributed by atoms with Gasteiger partial charge >= 0.3 is 0 Å². The third-order valence-corrected chi connectivity index (χ3v) is 3.86. The van der Waals surface area contributed by atoms with Crippen LogP contribution in [-0.2, 0) is 5.75 Å². The maximum atomic E-state index is 13.6. The Morgan fingerprint density at radius 1 is 1.30 bits per heavy atom. The molecule has 5 heteroatoms. The van der Waals surface area contributed by atoms with Crippen molar-refractivity contribution in [2.45, 2.75) is 10.6 Å². The highest BCUT2D eigenvalue weighted by molar-refractivity contribution is 7.98. The number of nitriles is 1. The molecule has 0 aromatic heterocycles. The lowest BCUT2D eigenvalue weighted by atomic mass is 10.1. The van der Waals surface area contributed by atoms with Gasteiger partial charge in [0.05, 0.1) is 12.7 Å². The highest BCUT2D eigenvalue weighted by Crippen LogP contribution is 2.28. The van der Waals surface area contributed by atoms with Gasteiger partial charge in [-0.3, -0.25) is 0 Å². The molecule has 0 spiro atoms. The molecule has 0 bridgehead atoms. The van der Waals surface area contributed by atoms with Crippen LogP contribution in [0.4, 0.5) is 10.1 Å². The van der Waals surface area contributed by atoms with E-state index in [1.165, 1.54) is 24.9 Å². The Balaban J connectivity index is 2.13. The van der Waals surface area contributed by atoms with E-state index in [1.54, 1.807) is 24.3 Å². The first-order valence-corrected chi connectivity index (χ1v) is 6.87. The fourth-order valence-corrected chi connectivity index (χ4v) is 2.58. The van der Waals surface area contributed by atoms with Gasteiger partial charge in [-0.15, -0.1) is 11.8 Å². The van der Waals surface area contributed by atoms with Crippen molar-refractivity contribution in [2.75, 3.05) is 12.8 Å². The van der Waals surface area contributed by atoms with E-state index in [9.17, 15) is 4.39 Å². The lowest BCUT2D eigenvalue weighted by Gasteiger charge is -2.07. The molecule has 2 rings (SSSR count). The molecule has 0 saturated carbocycles. The molecule has 0 heterocycles. The van der Waals surface area contributed by atoms with Crippen molar-refractivity contribution in [3.63, 3.8) is 0 Å². The molecule has 0 unspecified atom stereocenters. The number of benzene rings is 2. The first-order chi connectivity index (χ1) is 9.63. The molecule has 20 heavy (non-hydrogen) atoms. The molecule has 3 nitrogen and oxygen atoms in total. The van der Waals surface area contributed by atoms with Crippen molar-refractivity contribution in [1.82, 2.24) is 0 Å². The van der Waals surface area contributed by atoms with Crippen LogP contribution in [0.5, 0.6) is 5.75 Å². The van der Waals surface area contributed by atoms with Gasteiger partial charge in [-0.25, -0.2) is 4.39 Å². The van der Waals surface area contributed by atoms with Crippen LogP contribution in [0.25, 0.3) is 0 Å². The van der Waals surface area contributed by atoms with Crippen molar-refractivity contribution in [1.29, 1.82) is 5.26 Å². The van der Waals surface area contributed by atoms with Crippen LogP contribution in [-0.4, -0.2) is 7.11 Å². The minimum Gasteiger partial charge on any atom is -0.495 e. The van der Waals surface area contributed by atoms with Crippen molar-refractivity contribution >= 4 is 17.4 Å². The van der Waals surface area contributed by atoms with E-state index in [4.69, 9.17) is 15.7 Å². The molecule has 102 valence electrons. The molecule has 0 amide bonds. The SMILES string of the molecule is COc1cc(CSc2ccc(N)cc2F)ccc1C#N. The normalized spacial score (nSPS) is 10.1. The van der Waals surface area contributed by atoms with Crippen LogP contribution in [0.1, 0.15) is 11.1 Å². The molecule has 0 radical (unpaired) electrons. The topological polar surface area (TPSA) is 59.0 Å². The summed E-state index contributed by atoms with van der Waals surface area (Å²) in [5, 5.41) is 8.91. The summed E-state index contributed by atoms with van der Waals surface area (Å²) >= 11 is 1.37. The number of methoxy groups -OCH3 is 1. The predicted molar refractivity (Wildman–Crippen MR) is 78.1 cm³/mol. The summed E-state index contributed by atoms with van der Waals surface area (Å²) in [6.07, 6.45) is 0. The number of thioether (sulfide) groups is 1. The zero-order valence-electron chi connectivity index (χ0n) is 10.9. The minimum atomic E-state index is -0.324. The number of nitrogens with two attached hydrogens (primary N) is 1. The van der Waals surface area contributed by atoms with E-state index in [0.717, 1.165) is 5.56 Å². The molecule has 2 N–H and O–H groups in total. The minimum absolute atomic E-state index is 0.324. The van der Waals surface area contributed by atoms with Gasteiger partial charge in [-0.05, 0) is 35.9 Å². The van der Waals surface area contributed by atoms with Gasteiger partial charge in [-0.1, -0.05) is 6.07 Å². The summed E-state index contributed by atoms with van der Waals surface area (Å²) in [6.45, 7) is 0. The zero-order valence-corrected chi connectivity index (χ0v) is 11.7. The Labute approximate surface area is 121 Å². The summed E-state index contributed by atoms with van der Waals surface area (Å²) in [6, 6.07) is 12.0. The summed E-state index contributed by atoms with van der Waals surface area (Å²) in [4.78, 5) is 0.544. The summed E-state index contributed by atoms with van der Waals surface area (Å²) in [5.74, 6) is 0.794. The number of anilines is 1. The number of ether oxygens (including phenoxy) is 1. The Kier molecular flexibility index (Phi) is 4.49. The predicted octanol–water partition coefficient (Wildman–Crippen LogP) is 3.58. The van der Waals surface area contributed by atoms with E-state index in [2.05, 4.69) is 6.07 Å². The number of hydrogen-bond donors (Lipinski definition) is 1. The molecule has 0 aliphatic rings. The summed E-state index contributed by atoms with van der Waals surface area (Å²) in [5.41, 5.74) is 7.36. The van der Waals surface area contributed by atoms with Crippen molar-refractivity contribution in [3.8, 4) is 11.8 Å². The van der Waals surface area contributed by atoms with Crippen LogP contribution in [0.2, 0.25) is 0 Å². The molecule has 0 atom stereocenters. The van der Waals surface area contributed by atoms with E-state index in [-0.39, 0.29) is 5.82 Å².